The molecule has 0 saturated carbocycles. The van der Waals surface area contributed by atoms with Crippen molar-refractivity contribution in [2.24, 2.45) is 5.41 Å². The zero-order valence-corrected chi connectivity index (χ0v) is 15.8. The van der Waals surface area contributed by atoms with Gasteiger partial charge in [-0.2, -0.15) is 0 Å². The van der Waals surface area contributed by atoms with Crippen molar-refractivity contribution in [3.05, 3.63) is 65.6 Å². The Morgan fingerprint density at radius 2 is 1.89 bits per heavy atom. The second-order valence-electron chi connectivity index (χ2n) is 8.02. The molecule has 2 heterocycles. The summed E-state index contributed by atoms with van der Waals surface area (Å²) in [6.07, 6.45) is 2.91. The Balaban J connectivity index is 2.01. The van der Waals surface area contributed by atoms with Crippen LogP contribution in [-0.4, -0.2) is 16.7 Å². The van der Waals surface area contributed by atoms with Gasteiger partial charge in [0, 0.05) is 30.8 Å². The molecule has 4 rings (SSSR count). The summed E-state index contributed by atoms with van der Waals surface area (Å²) >= 11 is 0. The standard InChI is InChI=1S/C22H23N3O2/c1-14(26)25-18-10-5-4-8-15(18)24-17-12-22(2,3)13-19(27)20(17)21(25)16-9-6-7-11-23-16/h4-11,21,24H,12-13H2,1-3H3/t21-/m1/s1. The van der Waals surface area contributed by atoms with E-state index < -0.39 is 6.04 Å². The van der Waals surface area contributed by atoms with Gasteiger partial charge in [-0.3, -0.25) is 19.5 Å². The van der Waals surface area contributed by atoms with Crippen molar-refractivity contribution in [3.8, 4) is 0 Å². The fourth-order valence-corrected chi connectivity index (χ4v) is 4.15. The van der Waals surface area contributed by atoms with Crippen molar-refractivity contribution in [1.29, 1.82) is 0 Å². The Morgan fingerprint density at radius 3 is 2.59 bits per heavy atom. The highest BCUT2D eigenvalue weighted by molar-refractivity contribution is 6.05. The summed E-state index contributed by atoms with van der Waals surface area (Å²) in [6.45, 7) is 5.74. The van der Waals surface area contributed by atoms with Crippen LogP contribution in [0.2, 0.25) is 0 Å². The Bertz CT molecular complexity index is 947. The van der Waals surface area contributed by atoms with E-state index in [4.69, 9.17) is 0 Å². The Labute approximate surface area is 159 Å². The van der Waals surface area contributed by atoms with Crippen LogP contribution in [0.15, 0.2) is 59.9 Å². The maximum atomic E-state index is 13.2. The van der Waals surface area contributed by atoms with E-state index in [0.717, 1.165) is 23.5 Å². The van der Waals surface area contributed by atoms with Gasteiger partial charge in [0.25, 0.3) is 0 Å². The molecule has 1 aromatic heterocycles. The quantitative estimate of drug-likeness (QED) is 0.825. The Kier molecular flexibility index (Phi) is 4.10. The number of hydrogen-bond donors (Lipinski definition) is 1. The Hall–Kier alpha value is -2.95. The molecule has 0 unspecified atom stereocenters. The summed E-state index contributed by atoms with van der Waals surface area (Å²) in [5.74, 6) is -0.0465. The van der Waals surface area contributed by atoms with Gasteiger partial charge < -0.3 is 5.32 Å². The number of rotatable bonds is 1. The van der Waals surface area contributed by atoms with Crippen LogP contribution in [0.5, 0.6) is 0 Å². The predicted molar refractivity (Wildman–Crippen MR) is 105 cm³/mol. The van der Waals surface area contributed by atoms with Crippen LogP contribution in [0.4, 0.5) is 11.4 Å². The van der Waals surface area contributed by atoms with Gasteiger partial charge in [0.15, 0.2) is 5.78 Å². The van der Waals surface area contributed by atoms with E-state index in [-0.39, 0.29) is 17.1 Å². The van der Waals surface area contributed by atoms with Gasteiger partial charge in [-0.05, 0) is 36.1 Å². The van der Waals surface area contributed by atoms with Gasteiger partial charge in [-0.25, -0.2) is 0 Å². The molecule has 1 aromatic carbocycles. The maximum Gasteiger partial charge on any atom is 0.224 e. The summed E-state index contributed by atoms with van der Waals surface area (Å²) in [5.41, 5.74) is 3.72. The first kappa shape index (κ1) is 17.5. The average molecular weight is 361 g/mol. The van der Waals surface area contributed by atoms with Crippen LogP contribution >= 0.6 is 0 Å². The third-order valence-electron chi connectivity index (χ3n) is 5.21. The molecule has 1 atom stereocenters. The van der Waals surface area contributed by atoms with E-state index in [0.29, 0.717) is 17.7 Å². The number of hydrogen-bond acceptors (Lipinski definition) is 4. The molecular weight excluding hydrogens is 338 g/mol. The predicted octanol–water partition coefficient (Wildman–Crippen LogP) is 4.24. The number of anilines is 2. The third-order valence-corrected chi connectivity index (χ3v) is 5.21. The lowest BCUT2D eigenvalue weighted by Crippen LogP contribution is -2.38. The number of carbonyl (C=O) groups excluding carboxylic acids is 2. The second kappa shape index (κ2) is 6.34. The largest absolute Gasteiger partial charge is 0.357 e. The van der Waals surface area contributed by atoms with Gasteiger partial charge in [0.2, 0.25) is 5.91 Å². The van der Waals surface area contributed by atoms with Crippen molar-refractivity contribution in [1.82, 2.24) is 4.98 Å². The molecule has 0 radical (unpaired) electrons. The van der Waals surface area contributed by atoms with Crippen LogP contribution in [-0.2, 0) is 9.59 Å². The van der Waals surface area contributed by atoms with Crippen LogP contribution in [0.25, 0.3) is 0 Å². The number of nitrogens with one attached hydrogen (secondary N) is 1. The third kappa shape index (κ3) is 3.03. The molecule has 5 heteroatoms. The topological polar surface area (TPSA) is 62.3 Å². The highest BCUT2D eigenvalue weighted by atomic mass is 16.2. The number of ketones is 1. The van der Waals surface area contributed by atoms with Gasteiger partial charge >= 0.3 is 0 Å². The van der Waals surface area contributed by atoms with Crippen LogP contribution in [0.3, 0.4) is 0 Å². The molecule has 1 aliphatic carbocycles. The molecule has 2 aromatic rings. The monoisotopic (exact) mass is 361 g/mol. The molecule has 0 spiro atoms. The zero-order valence-electron chi connectivity index (χ0n) is 15.8. The number of carbonyl (C=O) groups is 2. The van der Waals surface area contributed by atoms with E-state index >= 15 is 0 Å². The average Bonchev–Trinajstić information content (AvgIpc) is 2.75. The van der Waals surface area contributed by atoms with Crippen molar-refractivity contribution >= 4 is 23.1 Å². The van der Waals surface area contributed by atoms with Gasteiger partial charge in [-0.15, -0.1) is 0 Å². The van der Waals surface area contributed by atoms with Gasteiger partial charge in [0.05, 0.1) is 17.1 Å². The lowest BCUT2D eigenvalue weighted by Gasteiger charge is -2.36. The lowest BCUT2D eigenvalue weighted by atomic mass is 9.73. The smallest absolute Gasteiger partial charge is 0.224 e. The minimum absolute atomic E-state index is 0.0726. The SMILES string of the molecule is CC(=O)N1c2ccccc2NC2=C(C(=O)CC(C)(C)C2)[C@H]1c1ccccn1. The van der Waals surface area contributed by atoms with Crippen molar-refractivity contribution < 1.29 is 9.59 Å². The van der Waals surface area contributed by atoms with Gasteiger partial charge in [-0.1, -0.05) is 32.0 Å². The van der Waals surface area contributed by atoms with E-state index in [2.05, 4.69) is 24.1 Å². The number of fused-ring (bicyclic) bond motifs is 1. The van der Waals surface area contributed by atoms with Crippen molar-refractivity contribution in [3.63, 3.8) is 0 Å². The number of amides is 1. The summed E-state index contributed by atoms with van der Waals surface area (Å²) < 4.78 is 0. The second-order valence-corrected chi connectivity index (χ2v) is 8.02. The normalized spacial score (nSPS) is 21.1. The van der Waals surface area contributed by atoms with Crippen LogP contribution < -0.4 is 10.2 Å². The number of allylic oxidation sites excluding steroid dienone is 1. The van der Waals surface area contributed by atoms with E-state index in [1.165, 1.54) is 6.92 Å². The first-order valence-corrected chi connectivity index (χ1v) is 9.20. The first-order valence-electron chi connectivity index (χ1n) is 9.20. The molecule has 1 aliphatic heterocycles. The molecular formula is C22H23N3O2. The van der Waals surface area contributed by atoms with Crippen LogP contribution in [0.1, 0.15) is 45.3 Å². The highest BCUT2D eigenvalue weighted by Crippen LogP contribution is 2.47. The first-order chi connectivity index (χ1) is 12.9. The van der Waals surface area contributed by atoms with Crippen molar-refractivity contribution in [2.45, 2.75) is 39.7 Å². The van der Waals surface area contributed by atoms with E-state index in [1.807, 2.05) is 42.5 Å². The van der Waals surface area contributed by atoms with Gasteiger partial charge in [0.1, 0.15) is 6.04 Å². The molecule has 1 N–H and O–H groups in total. The summed E-state index contributed by atoms with van der Waals surface area (Å²) in [6, 6.07) is 12.8. The number of para-hydroxylation sites is 2. The number of pyridine rings is 1. The number of Topliss-reactive ketones (excluding diaryl/α,β-unsaturated/α-hetero) is 1. The number of benzene rings is 1. The molecule has 138 valence electrons. The fourth-order valence-electron chi connectivity index (χ4n) is 4.15. The molecule has 0 fully saturated rings. The minimum atomic E-state index is -0.529. The zero-order chi connectivity index (χ0) is 19.2. The number of aromatic nitrogens is 1. The van der Waals surface area contributed by atoms with E-state index in [1.54, 1.807) is 11.1 Å². The molecule has 2 aliphatic rings. The Morgan fingerprint density at radius 1 is 1.15 bits per heavy atom. The van der Waals surface area contributed by atoms with Crippen LogP contribution in [0, 0.1) is 5.41 Å². The summed E-state index contributed by atoms with van der Waals surface area (Å²) in [5, 5.41) is 3.47. The molecule has 27 heavy (non-hydrogen) atoms. The molecule has 5 nitrogen and oxygen atoms in total. The number of nitrogens with zero attached hydrogens (tertiary/aromatic N) is 2. The molecule has 0 saturated heterocycles. The summed E-state index contributed by atoms with van der Waals surface area (Å²) in [4.78, 5) is 32.2. The van der Waals surface area contributed by atoms with Crippen molar-refractivity contribution in [2.75, 3.05) is 10.2 Å². The molecule has 0 bridgehead atoms. The maximum absolute atomic E-state index is 13.2. The molecule has 1 amide bonds. The van der Waals surface area contributed by atoms with E-state index in [9.17, 15) is 9.59 Å². The highest BCUT2D eigenvalue weighted by Gasteiger charge is 2.42. The summed E-state index contributed by atoms with van der Waals surface area (Å²) in [7, 11) is 0. The minimum Gasteiger partial charge on any atom is -0.357 e. The lowest BCUT2D eigenvalue weighted by molar-refractivity contribution is -0.118. The fraction of sp³-hybridized carbons (Fsp3) is 0.318.